The zero-order valence-electron chi connectivity index (χ0n) is 14.0. The summed E-state index contributed by atoms with van der Waals surface area (Å²) < 4.78 is 5.55. The standard InChI is InChI=1S/C19H25N3O2/c20-12-15-3-5-16(6-4-15)14-22-9-7-17(8-10-22)19(23)21-13-18-2-1-11-24-18/h3-6,17-18H,1-2,7-11,13-14H2,(H,21,23)/t18-/m1/s1. The number of amides is 1. The van der Waals surface area contributed by atoms with Gasteiger partial charge in [0.1, 0.15) is 0 Å². The van der Waals surface area contributed by atoms with E-state index in [-0.39, 0.29) is 17.9 Å². The van der Waals surface area contributed by atoms with Gasteiger partial charge in [0.05, 0.1) is 17.7 Å². The molecule has 128 valence electrons. The molecule has 5 heteroatoms. The molecule has 0 unspecified atom stereocenters. The Labute approximate surface area is 143 Å². The van der Waals surface area contributed by atoms with Crippen LogP contribution in [0.15, 0.2) is 24.3 Å². The number of rotatable bonds is 5. The topological polar surface area (TPSA) is 65.4 Å². The third kappa shape index (κ3) is 4.56. The molecular formula is C19H25N3O2. The molecule has 2 aliphatic heterocycles. The van der Waals surface area contributed by atoms with Crippen molar-refractivity contribution in [2.45, 2.75) is 38.3 Å². The number of carbonyl (C=O) groups is 1. The summed E-state index contributed by atoms with van der Waals surface area (Å²) in [5.74, 6) is 0.312. The number of piperidine rings is 1. The van der Waals surface area contributed by atoms with Crippen molar-refractivity contribution in [1.29, 1.82) is 5.26 Å². The number of nitriles is 1. The monoisotopic (exact) mass is 327 g/mol. The average molecular weight is 327 g/mol. The van der Waals surface area contributed by atoms with E-state index in [1.54, 1.807) is 0 Å². The van der Waals surface area contributed by atoms with E-state index in [1.807, 2.05) is 24.3 Å². The Morgan fingerprint density at radius 3 is 2.62 bits per heavy atom. The van der Waals surface area contributed by atoms with Crippen LogP contribution < -0.4 is 5.32 Å². The van der Waals surface area contributed by atoms with Gasteiger partial charge in [-0.25, -0.2) is 0 Å². The third-order valence-corrected chi connectivity index (χ3v) is 4.98. The van der Waals surface area contributed by atoms with Crippen LogP contribution in [0, 0.1) is 17.2 Å². The van der Waals surface area contributed by atoms with Crippen LogP contribution in [0.4, 0.5) is 0 Å². The minimum absolute atomic E-state index is 0.128. The van der Waals surface area contributed by atoms with Crippen LogP contribution >= 0.6 is 0 Å². The van der Waals surface area contributed by atoms with Crippen LogP contribution in [-0.2, 0) is 16.1 Å². The number of likely N-dealkylation sites (tertiary alicyclic amines) is 1. The lowest BCUT2D eigenvalue weighted by molar-refractivity contribution is -0.127. The number of benzene rings is 1. The Kier molecular flexibility index (Phi) is 5.84. The number of ether oxygens (including phenoxy) is 1. The van der Waals surface area contributed by atoms with Crippen molar-refractivity contribution in [2.75, 3.05) is 26.2 Å². The smallest absolute Gasteiger partial charge is 0.223 e. The molecule has 0 aromatic heterocycles. The first-order valence-corrected chi connectivity index (χ1v) is 8.85. The van der Waals surface area contributed by atoms with Gasteiger partial charge >= 0.3 is 0 Å². The zero-order chi connectivity index (χ0) is 16.8. The zero-order valence-corrected chi connectivity index (χ0v) is 14.0. The molecule has 2 heterocycles. The Bertz CT molecular complexity index is 580. The van der Waals surface area contributed by atoms with E-state index < -0.39 is 0 Å². The van der Waals surface area contributed by atoms with Gasteiger partial charge in [0.15, 0.2) is 0 Å². The number of hydrogen-bond donors (Lipinski definition) is 1. The summed E-state index contributed by atoms with van der Waals surface area (Å²) in [6, 6.07) is 9.89. The van der Waals surface area contributed by atoms with Gasteiger partial charge in [-0.3, -0.25) is 9.69 Å². The van der Waals surface area contributed by atoms with Gasteiger partial charge in [0, 0.05) is 25.6 Å². The highest BCUT2D eigenvalue weighted by atomic mass is 16.5. The maximum Gasteiger partial charge on any atom is 0.223 e. The molecule has 0 radical (unpaired) electrons. The van der Waals surface area contributed by atoms with E-state index in [0.717, 1.165) is 51.9 Å². The number of nitrogens with one attached hydrogen (secondary N) is 1. The molecule has 2 fully saturated rings. The second-order valence-electron chi connectivity index (χ2n) is 6.74. The third-order valence-electron chi connectivity index (χ3n) is 4.98. The molecule has 0 aliphatic carbocycles. The highest BCUT2D eigenvalue weighted by Gasteiger charge is 2.26. The van der Waals surface area contributed by atoms with Crippen LogP contribution in [0.5, 0.6) is 0 Å². The van der Waals surface area contributed by atoms with E-state index >= 15 is 0 Å². The second-order valence-corrected chi connectivity index (χ2v) is 6.74. The predicted octanol–water partition coefficient (Wildman–Crippen LogP) is 2.07. The summed E-state index contributed by atoms with van der Waals surface area (Å²) in [6.45, 7) is 4.25. The molecule has 2 saturated heterocycles. The normalized spacial score (nSPS) is 22.2. The van der Waals surface area contributed by atoms with Crippen LogP contribution in [0.2, 0.25) is 0 Å². The molecule has 3 rings (SSSR count). The van der Waals surface area contributed by atoms with Crippen molar-refractivity contribution in [1.82, 2.24) is 10.2 Å². The second kappa shape index (κ2) is 8.27. The van der Waals surface area contributed by atoms with Gasteiger partial charge in [0.25, 0.3) is 0 Å². The summed E-state index contributed by atoms with van der Waals surface area (Å²) in [7, 11) is 0. The highest BCUT2D eigenvalue weighted by Crippen LogP contribution is 2.20. The Morgan fingerprint density at radius 2 is 2.00 bits per heavy atom. The van der Waals surface area contributed by atoms with E-state index in [4.69, 9.17) is 10.00 Å². The number of carbonyl (C=O) groups excluding carboxylic acids is 1. The van der Waals surface area contributed by atoms with Crippen molar-refractivity contribution in [3.05, 3.63) is 35.4 Å². The first-order valence-electron chi connectivity index (χ1n) is 8.85. The van der Waals surface area contributed by atoms with Gasteiger partial charge in [-0.15, -0.1) is 0 Å². The molecule has 1 atom stereocenters. The molecule has 0 saturated carbocycles. The quantitative estimate of drug-likeness (QED) is 0.899. The van der Waals surface area contributed by atoms with Gasteiger partial charge in [-0.05, 0) is 56.5 Å². The summed E-state index contributed by atoms with van der Waals surface area (Å²) in [6.07, 6.45) is 4.20. The minimum atomic E-state index is 0.128. The molecule has 5 nitrogen and oxygen atoms in total. The first kappa shape index (κ1) is 16.9. The van der Waals surface area contributed by atoms with Crippen molar-refractivity contribution >= 4 is 5.91 Å². The van der Waals surface area contributed by atoms with Crippen LogP contribution in [-0.4, -0.2) is 43.2 Å². The molecule has 1 aromatic carbocycles. The van der Waals surface area contributed by atoms with Crippen LogP contribution in [0.3, 0.4) is 0 Å². The average Bonchev–Trinajstić information content (AvgIpc) is 3.14. The summed E-state index contributed by atoms with van der Waals surface area (Å²) in [5.41, 5.74) is 1.91. The fourth-order valence-corrected chi connectivity index (χ4v) is 3.46. The summed E-state index contributed by atoms with van der Waals surface area (Å²) in [5, 5.41) is 11.9. The Hall–Kier alpha value is -1.90. The molecule has 2 aliphatic rings. The fraction of sp³-hybridized carbons (Fsp3) is 0.579. The summed E-state index contributed by atoms with van der Waals surface area (Å²) >= 11 is 0. The lowest BCUT2D eigenvalue weighted by Gasteiger charge is -2.31. The van der Waals surface area contributed by atoms with E-state index in [2.05, 4.69) is 16.3 Å². The molecule has 24 heavy (non-hydrogen) atoms. The molecule has 1 amide bonds. The molecule has 0 bridgehead atoms. The van der Waals surface area contributed by atoms with E-state index in [0.29, 0.717) is 12.1 Å². The van der Waals surface area contributed by atoms with E-state index in [9.17, 15) is 4.79 Å². The van der Waals surface area contributed by atoms with Crippen LogP contribution in [0.25, 0.3) is 0 Å². The maximum atomic E-state index is 12.3. The maximum absolute atomic E-state index is 12.3. The van der Waals surface area contributed by atoms with Crippen molar-refractivity contribution in [3.63, 3.8) is 0 Å². The number of hydrogen-bond acceptors (Lipinski definition) is 4. The van der Waals surface area contributed by atoms with Crippen molar-refractivity contribution < 1.29 is 9.53 Å². The fourth-order valence-electron chi connectivity index (χ4n) is 3.46. The van der Waals surface area contributed by atoms with Gasteiger partial charge < -0.3 is 10.1 Å². The van der Waals surface area contributed by atoms with Gasteiger partial charge in [-0.2, -0.15) is 5.26 Å². The Morgan fingerprint density at radius 1 is 1.25 bits per heavy atom. The lowest BCUT2D eigenvalue weighted by Crippen LogP contribution is -2.42. The molecular weight excluding hydrogens is 302 g/mol. The van der Waals surface area contributed by atoms with Crippen molar-refractivity contribution in [2.24, 2.45) is 5.92 Å². The van der Waals surface area contributed by atoms with Crippen molar-refractivity contribution in [3.8, 4) is 6.07 Å². The van der Waals surface area contributed by atoms with Crippen LogP contribution in [0.1, 0.15) is 36.8 Å². The SMILES string of the molecule is N#Cc1ccc(CN2CCC(C(=O)NC[C@H]3CCCO3)CC2)cc1. The molecule has 1 aromatic rings. The van der Waals surface area contributed by atoms with Gasteiger partial charge in [-0.1, -0.05) is 12.1 Å². The minimum Gasteiger partial charge on any atom is -0.376 e. The Balaban J connectivity index is 1.39. The highest BCUT2D eigenvalue weighted by molar-refractivity contribution is 5.78. The largest absolute Gasteiger partial charge is 0.376 e. The van der Waals surface area contributed by atoms with E-state index in [1.165, 1.54) is 5.56 Å². The van der Waals surface area contributed by atoms with Gasteiger partial charge in [0.2, 0.25) is 5.91 Å². The number of nitrogens with zero attached hydrogens (tertiary/aromatic N) is 2. The predicted molar refractivity (Wildman–Crippen MR) is 91.1 cm³/mol. The lowest BCUT2D eigenvalue weighted by atomic mass is 9.95. The molecule has 1 N–H and O–H groups in total. The molecule has 0 spiro atoms. The first-order chi connectivity index (χ1) is 11.7. The summed E-state index contributed by atoms with van der Waals surface area (Å²) in [4.78, 5) is 14.7.